The van der Waals surface area contributed by atoms with Crippen LogP contribution in [-0.4, -0.2) is 40.2 Å². The number of anilines is 1. The number of benzene rings is 4. The predicted molar refractivity (Wildman–Crippen MR) is 173 cm³/mol. The van der Waals surface area contributed by atoms with Gasteiger partial charge in [0.15, 0.2) is 4.34 Å². The van der Waals surface area contributed by atoms with Gasteiger partial charge in [-0.05, 0) is 72.1 Å². The molecule has 5 aromatic rings. The highest BCUT2D eigenvalue weighted by atomic mass is 32.2. The molecule has 1 N–H and O–H groups in total. The molecule has 10 heteroatoms. The van der Waals surface area contributed by atoms with Crippen molar-refractivity contribution in [2.45, 2.75) is 30.0 Å². The Hall–Kier alpha value is -4.67. The molecule has 44 heavy (non-hydrogen) atoms. The number of carbonyl (C=O) groups is 2. The Labute approximate surface area is 263 Å². The molecule has 1 aliphatic heterocycles. The number of fused-ring (bicyclic) bond motifs is 1. The number of hydrogen-bond acceptors (Lipinski definition) is 9. The number of aliphatic hydroxyl groups excluding tert-OH is 1. The average Bonchev–Trinajstić information content (AvgIpc) is 3.62. The number of rotatable bonds is 10. The smallest absolute Gasteiger partial charge is 0.301 e. The van der Waals surface area contributed by atoms with E-state index < -0.39 is 17.7 Å². The van der Waals surface area contributed by atoms with Crippen molar-refractivity contribution >= 4 is 56.5 Å². The fourth-order valence-corrected chi connectivity index (χ4v) is 7.11. The molecule has 6 rings (SSSR count). The van der Waals surface area contributed by atoms with Crippen LogP contribution in [0.1, 0.15) is 36.6 Å². The van der Waals surface area contributed by atoms with Gasteiger partial charge in [0.1, 0.15) is 17.3 Å². The number of nitrogens with zero attached hydrogens (tertiary/aromatic N) is 3. The van der Waals surface area contributed by atoms with Gasteiger partial charge in [-0.15, -0.1) is 10.2 Å². The number of ketones is 1. The highest BCUT2D eigenvalue weighted by molar-refractivity contribution is 8.00. The molecule has 1 amide bonds. The van der Waals surface area contributed by atoms with E-state index in [-0.39, 0.29) is 16.5 Å². The first kappa shape index (κ1) is 29.4. The third-order valence-corrected chi connectivity index (χ3v) is 9.31. The number of amides is 1. The van der Waals surface area contributed by atoms with Crippen LogP contribution >= 0.6 is 23.1 Å². The molecule has 8 nitrogen and oxygen atoms in total. The van der Waals surface area contributed by atoms with Gasteiger partial charge in [0, 0.05) is 11.3 Å². The predicted octanol–water partition coefficient (Wildman–Crippen LogP) is 7.41. The topological polar surface area (TPSA) is 102 Å². The van der Waals surface area contributed by atoms with E-state index in [0.29, 0.717) is 45.9 Å². The third-order valence-electron chi connectivity index (χ3n) is 7.20. The molecule has 0 radical (unpaired) electrons. The summed E-state index contributed by atoms with van der Waals surface area (Å²) in [5.74, 6) is 0.00475. The van der Waals surface area contributed by atoms with Crippen LogP contribution < -0.4 is 14.4 Å². The van der Waals surface area contributed by atoms with Gasteiger partial charge in [0.25, 0.3) is 5.78 Å². The molecule has 4 aromatic carbocycles. The van der Waals surface area contributed by atoms with Gasteiger partial charge >= 0.3 is 5.91 Å². The lowest BCUT2D eigenvalue weighted by Crippen LogP contribution is -2.29. The highest BCUT2D eigenvalue weighted by Crippen LogP contribution is 2.45. The summed E-state index contributed by atoms with van der Waals surface area (Å²) in [6, 6.07) is 27.4. The highest BCUT2D eigenvalue weighted by Gasteiger charge is 2.48. The standard InChI is InChI=1S/C34H29N3O5S2/c1-3-41-25-17-15-22(16-18-25)30(38)28-29(23-11-8-13-26(19-23)42-4-2)37(32(40)31(28)39)33-35-36-34(44-33)43-20-24-12-7-10-21-9-5-6-14-27(21)24/h5-19,29,38H,3-4,20H2,1-2H3/b30-28+. The molecule has 1 fully saturated rings. The lowest BCUT2D eigenvalue weighted by Gasteiger charge is -2.23. The Morgan fingerprint density at radius 3 is 2.41 bits per heavy atom. The molecule has 1 saturated heterocycles. The quantitative estimate of drug-likeness (QED) is 0.0564. The molecule has 0 saturated carbocycles. The van der Waals surface area contributed by atoms with Crippen LogP contribution in [0.25, 0.3) is 16.5 Å². The fraction of sp³-hybridized carbons (Fsp3) is 0.176. The molecule has 1 aromatic heterocycles. The summed E-state index contributed by atoms with van der Waals surface area (Å²) in [4.78, 5) is 28.6. The van der Waals surface area contributed by atoms with E-state index in [1.54, 1.807) is 48.5 Å². The van der Waals surface area contributed by atoms with E-state index in [1.165, 1.54) is 33.4 Å². The lowest BCUT2D eigenvalue weighted by atomic mass is 9.95. The summed E-state index contributed by atoms with van der Waals surface area (Å²) >= 11 is 2.75. The van der Waals surface area contributed by atoms with Crippen LogP contribution in [0.5, 0.6) is 11.5 Å². The van der Waals surface area contributed by atoms with Gasteiger partial charge in [-0.3, -0.25) is 14.5 Å². The molecule has 2 heterocycles. The van der Waals surface area contributed by atoms with Gasteiger partial charge in [0.2, 0.25) is 5.13 Å². The Morgan fingerprint density at radius 2 is 1.61 bits per heavy atom. The molecule has 1 atom stereocenters. The maximum absolute atomic E-state index is 13.6. The minimum absolute atomic E-state index is 0.0343. The van der Waals surface area contributed by atoms with Crippen molar-refractivity contribution in [3.63, 3.8) is 0 Å². The number of thioether (sulfide) groups is 1. The van der Waals surface area contributed by atoms with Crippen LogP contribution in [-0.2, 0) is 15.3 Å². The van der Waals surface area contributed by atoms with E-state index >= 15 is 0 Å². The van der Waals surface area contributed by atoms with Crippen molar-refractivity contribution in [1.82, 2.24) is 10.2 Å². The van der Waals surface area contributed by atoms with Crippen molar-refractivity contribution in [1.29, 1.82) is 0 Å². The summed E-state index contributed by atoms with van der Waals surface area (Å²) in [5, 5.41) is 22.8. The zero-order valence-electron chi connectivity index (χ0n) is 24.1. The summed E-state index contributed by atoms with van der Waals surface area (Å²) in [5.41, 5.74) is 2.12. The largest absolute Gasteiger partial charge is 0.507 e. The molecule has 0 aliphatic carbocycles. The summed E-state index contributed by atoms with van der Waals surface area (Å²) in [7, 11) is 0. The van der Waals surface area contributed by atoms with Gasteiger partial charge in [-0.25, -0.2) is 0 Å². The van der Waals surface area contributed by atoms with Crippen LogP contribution in [0.2, 0.25) is 0 Å². The SMILES string of the molecule is CCOc1ccc(/C(O)=C2\C(=O)C(=O)N(c3nnc(SCc4cccc5ccccc45)s3)C2c2cccc(OCC)c2)cc1. The minimum atomic E-state index is -0.939. The van der Waals surface area contributed by atoms with Gasteiger partial charge in [-0.2, -0.15) is 0 Å². The second kappa shape index (κ2) is 12.9. The van der Waals surface area contributed by atoms with Crippen LogP contribution in [0.15, 0.2) is 101 Å². The van der Waals surface area contributed by atoms with E-state index in [1.807, 2.05) is 32.0 Å². The van der Waals surface area contributed by atoms with Crippen molar-refractivity contribution in [2.75, 3.05) is 18.1 Å². The third kappa shape index (κ3) is 5.78. The van der Waals surface area contributed by atoms with E-state index in [2.05, 4.69) is 34.5 Å². The summed E-state index contributed by atoms with van der Waals surface area (Å²) in [6.45, 7) is 4.70. The average molecular weight is 624 g/mol. The van der Waals surface area contributed by atoms with Crippen molar-refractivity contribution in [3.8, 4) is 11.5 Å². The summed E-state index contributed by atoms with van der Waals surface area (Å²) in [6.07, 6.45) is 0. The van der Waals surface area contributed by atoms with E-state index in [4.69, 9.17) is 9.47 Å². The van der Waals surface area contributed by atoms with E-state index in [9.17, 15) is 14.7 Å². The first-order valence-electron chi connectivity index (χ1n) is 14.2. The number of carbonyl (C=O) groups excluding carboxylic acids is 2. The monoisotopic (exact) mass is 623 g/mol. The maximum Gasteiger partial charge on any atom is 0.301 e. The Morgan fingerprint density at radius 1 is 0.886 bits per heavy atom. The van der Waals surface area contributed by atoms with E-state index in [0.717, 1.165) is 10.9 Å². The molecule has 1 unspecified atom stereocenters. The first-order valence-corrected chi connectivity index (χ1v) is 16.0. The van der Waals surface area contributed by atoms with Gasteiger partial charge in [-0.1, -0.05) is 77.7 Å². The molecule has 0 spiro atoms. The minimum Gasteiger partial charge on any atom is -0.507 e. The van der Waals surface area contributed by atoms with Crippen LogP contribution in [0.3, 0.4) is 0 Å². The number of Topliss-reactive ketones (excluding diaryl/α,β-unsaturated/α-hetero) is 1. The second-order valence-corrected chi connectivity index (χ2v) is 12.1. The molecule has 0 bridgehead atoms. The number of aliphatic hydroxyl groups is 1. The number of ether oxygens (including phenoxy) is 2. The zero-order valence-corrected chi connectivity index (χ0v) is 25.7. The van der Waals surface area contributed by atoms with Crippen molar-refractivity contribution in [3.05, 3.63) is 113 Å². The van der Waals surface area contributed by atoms with Gasteiger partial charge < -0.3 is 14.6 Å². The normalized spacial score (nSPS) is 16.0. The molecular weight excluding hydrogens is 595 g/mol. The van der Waals surface area contributed by atoms with Crippen molar-refractivity contribution < 1.29 is 24.2 Å². The Balaban J connectivity index is 1.37. The lowest BCUT2D eigenvalue weighted by molar-refractivity contribution is -0.132. The first-order chi connectivity index (χ1) is 21.5. The zero-order chi connectivity index (χ0) is 30.6. The Bertz CT molecular complexity index is 1860. The van der Waals surface area contributed by atoms with Crippen molar-refractivity contribution in [2.24, 2.45) is 0 Å². The fourth-order valence-electron chi connectivity index (χ4n) is 5.23. The molecular formula is C34H29N3O5S2. The maximum atomic E-state index is 13.6. The van der Waals surface area contributed by atoms with Gasteiger partial charge in [0.05, 0.1) is 24.8 Å². The second-order valence-electron chi connectivity index (χ2n) is 9.91. The number of aromatic nitrogens is 2. The summed E-state index contributed by atoms with van der Waals surface area (Å²) < 4.78 is 11.9. The van der Waals surface area contributed by atoms with Crippen LogP contribution in [0, 0.1) is 0 Å². The molecule has 222 valence electrons. The Kier molecular flexibility index (Phi) is 8.63. The number of hydrogen-bond donors (Lipinski definition) is 1. The molecule has 1 aliphatic rings. The van der Waals surface area contributed by atoms with Crippen LogP contribution in [0.4, 0.5) is 5.13 Å².